The highest BCUT2D eigenvalue weighted by atomic mass is 16.2. The van der Waals surface area contributed by atoms with Crippen LogP contribution in [0.1, 0.15) is 49.6 Å². The van der Waals surface area contributed by atoms with Gasteiger partial charge in [0.05, 0.1) is 0 Å². The normalized spacial score (nSPS) is 19.0. The van der Waals surface area contributed by atoms with Gasteiger partial charge in [0.15, 0.2) is 0 Å². The number of piperidine rings is 1. The van der Waals surface area contributed by atoms with Gasteiger partial charge in [-0.25, -0.2) is 4.98 Å². The summed E-state index contributed by atoms with van der Waals surface area (Å²) in [5.74, 6) is 1.57. The van der Waals surface area contributed by atoms with Gasteiger partial charge in [-0.3, -0.25) is 9.89 Å². The Balaban J connectivity index is 2.00. The van der Waals surface area contributed by atoms with Crippen LogP contribution in [0.4, 0.5) is 0 Å². The molecule has 1 fully saturated rings. The lowest BCUT2D eigenvalue weighted by atomic mass is 9.99. The van der Waals surface area contributed by atoms with E-state index in [0.717, 1.165) is 44.8 Å². The minimum Gasteiger partial charge on any atom is -0.336 e. The first-order valence-corrected chi connectivity index (χ1v) is 7.65. The largest absolute Gasteiger partial charge is 0.336 e. The highest BCUT2D eigenvalue weighted by Crippen LogP contribution is 2.13. The summed E-state index contributed by atoms with van der Waals surface area (Å²) in [5, 5.41) is 10.3. The number of nitrogens with zero attached hydrogens (tertiary/aromatic N) is 3. The smallest absolute Gasteiger partial charge is 0.293 e. The number of carbonyl (C=O) groups excluding carboxylic acids is 1. The van der Waals surface area contributed by atoms with E-state index >= 15 is 0 Å². The molecule has 1 aliphatic heterocycles. The Morgan fingerprint density at radius 3 is 2.90 bits per heavy atom. The van der Waals surface area contributed by atoms with Crippen molar-refractivity contribution in [2.24, 2.45) is 5.92 Å². The lowest BCUT2D eigenvalue weighted by Gasteiger charge is -2.29. The average Bonchev–Trinajstić information content (AvgIpc) is 2.96. The highest BCUT2D eigenvalue weighted by molar-refractivity contribution is 5.90. The molecule has 0 aliphatic carbocycles. The van der Waals surface area contributed by atoms with Gasteiger partial charge in [-0.1, -0.05) is 13.8 Å². The molecule has 1 unspecified atom stereocenters. The third-order valence-electron chi connectivity index (χ3n) is 3.72. The molecule has 1 aromatic heterocycles. The monoisotopic (exact) mass is 279 g/mol. The molecule has 20 heavy (non-hydrogen) atoms. The SMILES string of the molecule is CCCN(CC1CCCNC1)C(=O)c1n[nH]c(CC)n1. The molecule has 2 rings (SSSR count). The van der Waals surface area contributed by atoms with Gasteiger partial charge in [-0.2, -0.15) is 0 Å². The summed E-state index contributed by atoms with van der Waals surface area (Å²) in [4.78, 5) is 18.7. The second kappa shape index (κ2) is 7.38. The zero-order valence-corrected chi connectivity index (χ0v) is 12.5. The first-order chi connectivity index (χ1) is 9.74. The van der Waals surface area contributed by atoms with E-state index in [9.17, 15) is 4.79 Å². The molecule has 0 spiro atoms. The van der Waals surface area contributed by atoms with E-state index in [-0.39, 0.29) is 5.91 Å². The minimum atomic E-state index is -0.0478. The molecule has 0 saturated carbocycles. The first-order valence-electron chi connectivity index (χ1n) is 7.65. The fourth-order valence-corrected chi connectivity index (χ4v) is 2.63. The summed E-state index contributed by atoms with van der Waals surface area (Å²) in [6, 6.07) is 0. The van der Waals surface area contributed by atoms with E-state index in [2.05, 4.69) is 27.4 Å². The number of nitrogens with one attached hydrogen (secondary N) is 2. The molecule has 1 aromatic rings. The van der Waals surface area contributed by atoms with Gasteiger partial charge in [0.2, 0.25) is 5.82 Å². The lowest BCUT2D eigenvalue weighted by molar-refractivity contribution is 0.0707. The van der Waals surface area contributed by atoms with Crippen molar-refractivity contribution in [3.63, 3.8) is 0 Å². The summed E-state index contributed by atoms with van der Waals surface area (Å²) in [6.45, 7) is 7.75. The van der Waals surface area contributed by atoms with Gasteiger partial charge in [0.25, 0.3) is 5.91 Å². The van der Waals surface area contributed by atoms with Crippen molar-refractivity contribution in [2.45, 2.75) is 39.5 Å². The second-order valence-electron chi connectivity index (χ2n) is 5.42. The van der Waals surface area contributed by atoms with Gasteiger partial charge in [0, 0.05) is 19.5 Å². The Morgan fingerprint density at radius 2 is 2.30 bits per heavy atom. The van der Waals surface area contributed by atoms with E-state index in [1.807, 2.05) is 11.8 Å². The van der Waals surface area contributed by atoms with Crippen LogP contribution in [0.3, 0.4) is 0 Å². The Morgan fingerprint density at radius 1 is 1.45 bits per heavy atom. The average molecular weight is 279 g/mol. The Kier molecular flexibility index (Phi) is 5.52. The fraction of sp³-hybridized carbons (Fsp3) is 0.786. The number of H-pyrrole nitrogens is 1. The molecule has 1 aliphatic rings. The van der Waals surface area contributed by atoms with Crippen LogP contribution in [0.25, 0.3) is 0 Å². The summed E-state index contributed by atoms with van der Waals surface area (Å²) >= 11 is 0. The molecule has 0 radical (unpaired) electrons. The molecule has 112 valence electrons. The van der Waals surface area contributed by atoms with Crippen LogP contribution in [0.15, 0.2) is 0 Å². The third-order valence-corrected chi connectivity index (χ3v) is 3.72. The van der Waals surface area contributed by atoms with E-state index in [1.165, 1.54) is 12.8 Å². The predicted octanol–water partition coefficient (Wildman–Crippen LogP) is 1.22. The Labute approximate surface area is 120 Å². The summed E-state index contributed by atoms with van der Waals surface area (Å²) in [6.07, 6.45) is 4.10. The van der Waals surface area contributed by atoms with Crippen molar-refractivity contribution in [3.05, 3.63) is 11.6 Å². The maximum absolute atomic E-state index is 12.5. The maximum atomic E-state index is 12.5. The zero-order valence-electron chi connectivity index (χ0n) is 12.5. The Bertz CT molecular complexity index is 425. The number of hydrogen-bond acceptors (Lipinski definition) is 4. The van der Waals surface area contributed by atoms with Gasteiger partial charge in [-0.15, -0.1) is 5.10 Å². The molecule has 6 nitrogen and oxygen atoms in total. The molecule has 2 N–H and O–H groups in total. The van der Waals surface area contributed by atoms with Crippen LogP contribution in [-0.2, 0) is 6.42 Å². The quantitative estimate of drug-likeness (QED) is 0.821. The number of carbonyl (C=O) groups is 1. The van der Waals surface area contributed by atoms with Crippen molar-refractivity contribution in [2.75, 3.05) is 26.2 Å². The molecular formula is C14H25N5O. The second-order valence-corrected chi connectivity index (χ2v) is 5.42. The maximum Gasteiger partial charge on any atom is 0.293 e. The minimum absolute atomic E-state index is 0.0478. The van der Waals surface area contributed by atoms with Gasteiger partial charge in [0.1, 0.15) is 5.82 Å². The lowest BCUT2D eigenvalue weighted by Crippen LogP contribution is -2.41. The van der Waals surface area contributed by atoms with E-state index in [0.29, 0.717) is 11.7 Å². The molecule has 1 saturated heterocycles. The standard InChI is InChI=1S/C14H25N5O/c1-3-8-19(10-11-6-5-7-15-9-11)14(20)13-16-12(4-2)17-18-13/h11,15H,3-10H2,1-2H3,(H,16,17,18). The summed E-state index contributed by atoms with van der Waals surface area (Å²) < 4.78 is 0. The van der Waals surface area contributed by atoms with Gasteiger partial charge >= 0.3 is 0 Å². The number of amides is 1. The fourth-order valence-electron chi connectivity index (χ4n) is 2.63. The van der Waals surface area contributed by atoms with Gasteiger partial charge < -0.3 is 10.2 Å². The van der Waals surface area contributed by atoms with Crippen molar-refractivity contribution < 1.29 is 4.79 Å². The van der Waals surface area contributed by atoms with Crippen LogP contribution in [0.2, 0.25) is 0 Å². The highest BCUT2D eigenvalue weighted by Gasteiger charge is 2.23. The summed E-state index contributed by atoms with van der Waals surface area (Å²) in [5.41, 5.74) is 0. The number of rotatable bonds is 6. The molecule has 1 atom stereocenters. The topological polar surface area (TPSA) is 73.9 Å². The zero-order chi connectivity index (χ0) is 14.4. The molecular weight excluding hydrogens is 254 g/mol. The van der Waals surface area contributed by atoms with Crippen LogP contribution < -0.4 is 5.32 Å². The van der Waals surface area contributed by atoms with Crippen LogP contribution >= 0.6 is 0 Å². The predicted molar refractivity (Wildman–Crippen MR) is 77.5 cm³/mol. The first kappa shape index (κ1) is 15.0. The molecule has 2 heterocycles. The van der Waals surface area contributed by atoms with Crippen molar-refractivity contribution in [3.8, 4) is 0 Å². The number of aromatic nitrogens is 3. The summed E-state index contributed by atoms with van der Waals surface area (Å²) in [7, 11) is 0. The van der Waals surface area contributed by atoms with Crippen LogP contribution in [-0.4, -0.2) is 52.2 Å². The van der Waals surface area contributed by atoms with E-state index in [4.69, 9.17) is 0 Å². The van der Waals surface area contributed by atoms with E-state index < -0.39 is 0 Å². The number of aryl methyl sites for hydroxylation is 1. The molecule has 0 aromatic carbocycles. The molecule has 1 amide bonds. The van der Waals surface area contributed by atoms with Crippen LogP contribution in [0.5, 0.6) is 0 Å². The molecule has 6 heteroatoms. The van der Waals surface area contributed by atoms with Crippen molar-refractivity contribution >= 4 is 5.91 Å². The van der Waals surface area contributed by atoms with E-state index in [1.54, 1.807) is 0 Å². The number of aromatic amines is 1. The van der Waals surface area contributed by atoms with Crippen molar-refractivity contribution in [1.29, 1.82) is 0 Å². The van der Waals surface area contributed by atoms with Gasteiger partial charge in [-0.05, 0) is 38.3 Å². The molecule has 0 bridgehead atoms. The third kappa shape index (κ3) is 3.79. The van der Waals surface area contributed by atoms with Crippen molar-refractivity contribution in [1.82, 2.24) is 25.4 Å². The van der Waals surface area contributed by atoms with Crippen LogP contribution in [0, 0.1) is 5.92 Å². The number of hydrogen-bond donors (Lipinski definition) is 2. The Hall–Kier alpha value is -1.43.